The van der Waals surface area contributed by atoms with Crippen molar-refractivity contribution in [3.8, 4) is 0 Å². The second-order valence-corrected chi connectivity index (χ2v) is 4.07. The smallest absolute Gasteiger partial charge is 0.0687 e. The van der Waals surface area contributed by atoms with Gasteiger partial charge in [0.05, 0.1) is 6.61 Å². The molecule has 0 amide bonds. The van der Waals surface area contributed by atoms with E-state index in [9.17, 15) is 0 Å². The Bertz CT molecular complexity index is 104. The molecule has 0 saturated heterocycles. The number of unbranched alkanes of at least 4 members (excludes halogenated alkanes) is 2. The summed E-state index contributed by atoms with van der Waals surface area (Å²) in [5, 5.41) is 1.97. The Kier molecular flexibility index (Phi) is 8.46. The lowest BCUT2D eigenvalue weighted by Gasteiger charge is -2.16. The lowest BCUT2D eigenvalue weighted by molar-refractivity contribution is -0.142. The highest BCUT2D eigenvalue weighted by atomic mass is 16.7. The van der Waals surface area contributed by atoms with Crippen LogP contribution in [0.4, 0.5) is 0 Å². The van der Waals surface area contributed by atoms with Crippen molar-refractivity contribution >= 4 is 0 Å². The second-order valence-electron chi connectivity index (χ2n) is 4.07. The third-order valence-electron chi connectivity index (χ3n) is 2.08. The van der Waals surface area contributed by atoms with Crippen molar-refractivity contribution < 1.29 is 4.84 Å². The first kappa shape index (κ1) is 12.9. The maximum Gasteiger partial charge on any atom is 0.0687 e. The summed E-state index contributed by atoms with van der Waals surface area (Å²) in [4.78, 5) is 5.53. The van der Waals surface area contributed by atoms with E-state index < -0.39 is 0 Å². The molecule has 0 fully saturated rings. The van der Waals surface area contributed by atoms with Crippen molar-refractivity contribution in [3.05, 3.63) is 0 Å². The van der Waals surface area contributed by atoms with E-state index in [-0.39, 0.29) is 0 Å². The van der Waals surface area contributed by atoms with Gasteiger partial charge in [0.25, 0.3) is 0 Å². The molecule has 0 aromatic rings. The molecule has 80 valence electrons. The molecule has 0 spiro atoms. The SMILES string of the molecule is CCCCCN(C)OCCC(C)C. The van der Waals surface area contributed by atoms with Gasteiger partial charge in [-0.05, 0) is 18.8 Å². The fourth-order valence-electron chi connectivity index (χ4n) is 1.09. The van der Waals surface area contributed by atoms with Crippen molar-refractivity contribution in [1.82, 2.24) is 5.06 Å². The number of hydrogen-bond donors (Lipinski definition) is 0. The molecule has 0 bridgehead atoms. The van der Waals surface area contributed by atoms with Gasteiger partial charge in [-0.25, -0.2) is 0 Å². The minimum atomic E-state index is 0.740. The average molecular weight is 187 g/mol. The van der Waals surface area contributed by atoms with Gasteiger partial charge in [-0.1, -0.05) is 33.6 Å². The topological polar surface area (TPSA) is 12.5 Å². The first-order valence-electron chi connectivity index (χ1n) is 5.50. The Morgan fingerprint density at radius 1 is 1.23 bits per heavy atom. The highest BCUT2D eigenvalue weighted by Crippen LogP contribution is 2.01. The molecule has 0 heterocycles. The predicted molar refractivity (Wildman–Crippen MR) is 57.6 cm³/mol. The van der Waals surface area contributed by atoms with E-state index in [0.717, 1.165) is 25.5 Å². The van der Waals surface area contributed by atoms with E-state index >= 15 is 0 Å². The number of nitrogens with zero attached hydrogens (tertiary/aromatic N) is 1. The quantitative estimate of drug-likeness (QED) is 0.428. The van der Waals surface area contributed by atoms with Gasteiger partial charge >= 0.3 is 0 Å². The van der Waals surface area contributed by atoms with Crippen molar-refractivity contribution in [2.24, 2.45) is 5.92 Å². The molecule has 0 aromatic heterocycles. The van der Waals surface area contributed by atoms with Crippen molar-refractivity contribution in [1.29, 1.82) is 0 Å². The second kappa shape index (κ2) is 8.52. The summed E-state index contributed by atoms with van der Waals surface area (Å²) in [6, 6.07) is 0. The molecule has 0 rings (SSSR count). The van der Waals surface area contributed by atoms with Crippen LogP contribution < -0.4 is 0 Å². The van der Waals surface area contributed by atoms with Gasteiger partial charge in [0, 0.05) is 13.6 Å². The van der Waals surface area contributed by atoms with Crippen molar-refractivity contribution in [2.45, 2.75) is 46.5 Å². The van der Waals surface area contributed by atoms with E-state index in [0.29, 0.717) is 0 Å². The van der Waals surface area contributed by atoms with Crippen LogP contribution in [-0.4, -0.2) is 25.3 Å². The minimum absolute atomic E-state index is 0.740. The lowest BCUT2D eigenvalue weighted by atomic mass is 10.1. The highest BCUT2D eigenvalue weighted by molar-refractivity contribution is 4.44. The molecular weight excluding hydrogens is 162 g/mol. The third kappa shape index (κ3) is 9.84. The first-order chi connectivity index (χ1) is 6.16. The average Bonchev–Trinajstić information content (AvgIpc) is 2.04. The monoisotopic (exact) mass is 187 g/mol. The van der Waals surface area contributed by atoms with E-state index in [1.54, 1.807) is 0 Å². The zero-order chi connectivity index (χ0) is 10.1. The Labute approximate surface area is 83.2 Å². The van der Waals surface area contributed by atoms with Gasteiger partial charge in [-0.2, -0.15) is 5.06 Å². The molecule has 0 saturated carbocycles. The normalized spacial score (nSPS) is 11.5. The van der Waals surface area contributed by atoms with E-state index in [2.05, 4.69) is 20.8 Å². The third-order valence-corrected chi connectivity index (χ3v) is 2.08. The molecule has 0 atom stereocenters. The fraction of sp³-hybridized carbons (Fsp3) is 1.00. The lowest BCUT2D eigenvalue weighted by Crippen LogP contribution is -2.21. The standard InChI is InChI=1S/C11H25NO/c1-5-6-7-9-12(4)13-10-8-11(2)3/h11H,5-10H2,1-4H3. The summed E-state index contributed by atoms with van der Waals surface area (Å²) in [7, 11) is 2.02. The Morgan fingerprint density at radius 2 is 1.92 bits per heavy atom. The number of hydroxylamine groups is 2. The molecule has 13 heavy (non-hydrogen) atoms. The summed E-state index contributed by atoms with van der Waals surface area (Å²) in [6.45, 7) is 8.59. The van der Waals surface area contributed by atoms with Gasteiger partial charge < -0.3 is 0 Å². The van der Waals surface area contributed by atoms with Crippen LogP contribution in [0, 0.1) is 5.92 Å². The maximum atomic E-state index is 5.53. The minimum Gasteiger partial charge on any atom is -0.299 e. The molecule has 2 heteroatoms. The predicted octanol–water partition coefficient (Wildman–Crippen LogP) is 3.09. The Balaban J connectivity index is 3.15. The fourth-order valence-corrected chi connectivity index (χ4v) is 1.09. The number of rotatable bonds is 8. The maximum absolute atomic E-state index is 5.53. The molecule has 0 aromatic carbocycles. The molecule has 0 aliphatic heterocycles. The summed E-state index contributed by atoms with van der Waals surface area (Å²) >= 11 is 0. The zero-order valence-electron chi connectivity index (χ0n) is 9.68. The van der Waals surface area contributed by atoms with Gasteiger partial charge in [0.2, 0.25) is 0 Å². The van der Waals surface area contributed by atoms with Gasteiger partial charge in [-0.15, -0.1) is 0 Å². The molecular formula is C11H25NO. The molecule has 0 aliphatic carbocycles. The van der Waals surface area contributed by atoms with E-state index in [1.165, 1.54) is 19.3 Å². The van der Waals surface area contributed by atoms with Gasteiger partial charge in [0.1, 0.15) is 0 Å². The molecule has 0 radical (unpaired) electrons. The van der Waals surface area contributed by atoms with Crippen LogP contribution in [0.3, 0.4) is 0 Å². The molecule has 0 unspecified atom stereocenters. The summed E-state index contributed by atoms with van der Waals surface area (Å²) in [6.07, 6.45) is 4.98. The van der Waals surface area contributed by atoms with Crippen LogP contribution in [0.2, 0.25) is 0 Å². The highest BCUT2D eigenvalue weighted by Gasteiger charge is 1.99. The summed E-state index contributed by atoms with van der Waals surface area (Å²) < 4.78 is 0. The molecule has 0 aliphatic rings. The Morgan fingerprint density at radius 3 is 2.46 bits per heavy atom. The number of hydrogen-bond acceptors (Lipinski definition) is 2. The van der Waals surface area contributed by atoms with Crippen LogP contribution in [0.15, 0.2) is 0 Å². The van der Waals surface area contributed by atoms with Crippen molar-refractivity contribution in [2.75, 3.05) is 20.2 Å². The van der Waals surface area contributed by atoms with Gasteiger partial charge in [0.15, 0.2) is 0 Å². The van der Waals surface area contributed by atoms with Crippen LogP contribution in [0.1, 0.15) is 46.5 Å². The molecule has 0 N–H and O–H groups in total. The van der Waals surface area contributed by atoms with Crippen LogP contribution in [0.5, 0.6) is 0 Å². The van der Waals surface area contributed by atoms with Crippen molar-refractivity contribution in [3.63, 3.8) is 0 Å². The van der Waals surface area contributed by atoms with Crippen LogP contribution in [-0.2, 0) is 4.84 Å². The zero-order valence-corrected chi connectivity index (χ0v) is 9.68. The van der Waals surface area contributed by atoms with Crippen LogP contribution >= 0.6 is 0 Å². The Hall–Kier alpha value is -0.0800. The first-order valence-corrected chi connectivity index (χ1v) is 5.50. The molecule has 2 nitrogen and oxygen atoms in total. The van der Waals surface area contributed by atoms with Gasteiger partial charge in [-0.3, -0.25) is 4.84 Å². The van der Waals surface area contributed by atoms with E-state index in [1.807, 2.05) is 12.1 Å². The van der Waals surface area contributed by atoms with Crippen LogP contribution in [0.25, 0.3) is 0 Å². The van der Waals surface area contributed by atoms with E-state index in [4.69, 9.17) is 4.84 Å². The largest absolute Gasteiger partial charge is 0.299 e. The summed E-state index contributed by atoms with van der Waals surface area (Å²) in [5.41, 5.74) is 0. The summed E-state index contributed by atoms with van der Waals surface area (Å²) in [5.74, 6) is 0.740.